The van der Waals surface area contributed by atoms with E-state index in [0.717, 1.165) is 37.7 Å². The summed E-state index contributed by atoms with van der Waals surface area (Å²) >= 11 is 0. The lowest BCUT2D eigenvalue weighted by molar-refractivity contribution is -0.140. The number of nitrogens with one attached hydrogen (secondary N) is 2. The molecular weight excluding hydrogens is 292 g/mol. The fourth-order valence-corrected chi connectivity index (χ4v) is 5.12. The Kier molecular flexibility index (Phi) is 3.77. The molecule has 0 radical (unpaired) electrons. The Hall–Kier alpha value is -1.59. The Labute approximate surface area is 136 Å². The number of rotatable bonds is 4. The Morgan fingerprint density at radius 1 is 1.17 bits per heavy atom. The molecule has 0 spiro atoms. The van der Waals surface area contributed by atoms with Crippen molar-refractivity contribution in [3.05, 3.63) is 35.9 Å². The number of aliphatic hydroxyl groups is 1. The van der Waals surface area contributed by atoms with Crippen LogP contribution in [0.5, 0.6) is 0 Å². The maximum absolute atomic E-state index is 11.9. The Balaban J connectivity index is 1.27. The molecule has 124 valence electrons. The minimum absolute atomic E-state index is 0.260. The van der Waals surface area contributed by atoms with Crippen molar-refractivity contribution < 1.29 is 14.6 Å². The topological polar surface area (TPSA) is 70.6 Å². The van der Waals surface area contributed by atoms with Gasteiger partial charge in [-0.05, 0) is 55.4 Å². The van der Waals surface area contributed by atoms with Crippen LogP contribution in [0.3, 0.4) is 0 Å². The van der Waals surface area contributed by atoms with Gasteiger partial charge in [0.1, 0.15) is 6.61 Å². The van der Waals surface area contributed by atoms with Gasteiger partial charge in [-0.2, -0.15) is 0 Å². The summed E-state index contributed by atoms with van der Waals surface area (Å²) in [5.74, 6) is 1.59. The summed E-state index contributed by atoms with van der Waals surface area (Å²) in [6.45, 7) is 0.272. The number of carbonyl (C=O) groups excluding carboxylic acids is 1. The van der Waals surface area contributed by atoms with Gasteiger partial charge in [0.2, 0.25) is 0 Å². The molecular formula is C18H24N2O3. The third kappa shape index (κ3) is 3.08. The average Bonchev–Trinajstić information content (AvgIpc) is 2.51. The molecule has 5 heteroatoms. The molecule has 4 bridgehead atoms. The van der Waals surface area contributed by atoms with Crippen molar-refractivity contribution in [2.75, 3.05) is 0 Å². The molecule has 4 saturated carbocycles. The van der Waals surface area contributed by atoms with Crippen molar-refractivity contribution >= 4 is 6.09 Å². The van der Waals surface area contributed by atoms with Gasteiger partial charge in [0, 0.05) is 6.04 Å². The lowest BCUT2D eigenvalue weighted by atomic mass is 9.52. The van der Waals surface area contributed by atoms with Crippen LogP contribution in [0.1, 0.15) is 37.7 Å². The summed E-state index contributed by atoms with van der Waals surface area (Å²) in [6, 6.07) is 9.91. The van der Waals surface area contributed by atoms with E-state index in [9.17, 15) is 9.90 Å². The minimum atomic E-state index is -0.443. The van der Waals surface area contributed by atoms with E-state index in [1.165, 1.54) is 0 Å². The fourth-order valence-electron chi connectivity index (χ4n) is 5.12. The lowest BCUT2D eigenvalue weighted by Crippen LogP contribution is -2.63. The van der Waals surface area contributed by atoms with Crippen LogP contribution in [0.15, 0.2) is 30.3 Å². The summed E-state index contributed by atoms with van der Waals surface area (Å²) in [4.78, 5) is 11.9. The normalized spacial score (nSPS) is 37.6. The highest BCUT2D eigenvalue weighted by Gasteiger charge is 2.54. The fraction of sp³-hybridized carbons (Fsp3) is 0.611. The summed E-state index contributed by atoms with van der Waals surface area (Å²) in [7, 11) is 0. The van der Waals surface area contributed by atoms with Crippen LogP contribution in [0.2, 0.25) is 0 Å². The molecule has 5 nitrogen and oxygen atoms in total. The van der Waals surface area contributed by atoms with E-state index in [2.05, 4.69) is 10.9 Å². The highest BCUT2D eigenvalue weighted by atomic mass is 16.6. The summed E-state index contributed by atoms with van der Waals surface area (Å²) in [6.07, 6.45) is 4.58. The first-order chi connectivity index (χ1) is 11.1. The predicted molar refractivity (Wildman–Crippen MR) is 85.2 cm³/mol. The second kappa shape index (κ2) is 5.80. The first-order valence-electron chi connectivity index (χ1n) is 8.56. The van der Waals surface area contributed by atoms with Gasteiger partial charge in [-0.3, -0.25) is 5.43 Å². The van der Waals surface area contributed by atoms with Gasteiger partial charge in [-0.1, -0.05) is 30.3 Å². The van der Waals surface area contributed by atoms with E-state index in [0.29, 0.717) is 17.8 Å². The molecule has 2 atom stereocenters. The molecule has 23 heavy (non-hydrogen) atoms. The Morgan fingerprint density at radius 2 is 1.87 bits per heavy atom. The Morgan fingerprint density at radius 3 is 2.52 bits per heavy atom. The predicted octanol–water partition coefficient (Wildman–Crippen LogP) is 2.36. The number of ether oxygens (including phenoxy) is 1. The van der Waals surface area contributed by atoms with E-state index in [-0.39, 0.29) is 12.6 Å². The first kappa shape index (κ1) is 15.0. The number of hydrogen-bond donors (Lipinski definition) is 3. The quantitative estimate of drug-likeness (QED) is 0.746. The van der Waals surface area contributed by atoms with Gasteiger partial charge in [0.05, 0.1) is 5.60 Å². The molecule has 0 unspecified atom stereocenters. The van der Waals surface area contributed by atoms with Crippen molar-refractivity contribution in [3.63, 3.8) is 0 Å². The summed E-state index contributed by atoms with van der Waals surface area (Å²) in [5.41, 5.74) is 6.41. The van der Waals surface area contributed by atoms with Crippen LogP contribution in [0, 0.1) is 17.8 Å². The van der Waals surface area contributed by atoms with Gasteiger partial charge in [-0.15, -0.1) is 0 Å². The minimum Gasteiger partial charge on any atom is -0.444 e. The van der Waals surface area contributed by atoms with Crippen molar-refractivity contribution in [1.29, 1.82) is 0 Å². The number of hydrazine groups is 1. The standard InChI is InChI=1S/C18H24N2O3/c21-17(23-11-12-4-2-1-3-5-12)20-19-16-14-6-13-7-15(16)10-18(22,8-13)9-14/h1-5,13-16,19,22H,6-11H2,(H,20,21)/t13?,14-,15-,16?,18?/m0/s1. The van der Waals surface area contributed by atoms with Gasteiger partial charge in [0.15, 0.2) is 0 Å². The third-order valence-corrected chi connectivity index (χ3v) is 5.79. The highest BCUT2D eigenvalue weighted by Crippen LogP contribution is 2.55. The largest absolute Gasteiger partial charge is 0.444 e. The number of amides is 1. The van der Waals surface area contributed by atoms with Crippen LogP contribution in [0.25, 0.3) is 0 Å². The molecule has 0 saturated heterocycles. The number of benzene rings is 1. The molecule has 1 aromatic carbocycles. The summed E-state index contributed by atoms with van der Waals surface area (Å²) < 4.78 is 5.23. The zero-order valence-corrected chi connectivity index (χ0v) is 13.2. The van der Waals surface area contributed by atoms with E-state index in [4.69, 9.17) is 4.74 Å². The molecule has 1 aromatic rings. The second-order valence-electron chi connectivity index (χ2n) is 7.55. The molecule has 0 aromatic heterocycles. The van der Waals surface area contributed by atoms with E-state index < -0.39 is 11.7 Å². The molecule has 4 fully saturated rings. The first-order valence-corrected chi connectivity index (χ1v) is 8.56. The van der Waals surface area contributed by atoms with Crippen LogP contribution in [-0.2, 0) is 11.3 Å². The van der Waals surface area contributed by atoms with Crippen molar-refractivity contribution in [3.8, 4) is 0 Å². The van der Waals surface area contributed by atoms with Gasteiger partial charge in [0.25, 0.3) is 0 Å². The molecule has 0 aliphatic heterocycles. The van der Waals surface area contributed by atoms with Crippen molar-refractivity contribution in [2.24, 2.45) is 17.8 Å². The van der Waals surface area contributed by atoms with Gasteiger partial charge < -0.3 is 9.84 Å². The third-order valence-electron chi connectivity index (χ3n) is 5.79. The molecule has 1 amide bonds. The SMILES string of the molecule is O=C(NNC1[C@H]2CC3C[C@H]1CC(O)(C3)C2)OCc1ccccc1. The molecule has 4 aliphatic rings. The maximum atomic E-state index is 11.9. The zero-order chi connectivity index (χ0) is 15.9. The zero-order valence-electron chi connectivity index (χ0n) is 13.2. The second-order valence-corrected chi connectivity index (χ2v) is 7.55. The van der Waals surface area contributed by atoms with E-state index >= 15 is 0 Å². The number of carbonyl (C=O) groups is 1. The summed E-state index contributed by atoms with van der Waals surface area (Å²) in [5, 5.41) is 10.6. The molecule has 0 heterocycles. The lowest BCUT2D eigenvalue weighted by Gasteiger charge is -2.58. The van der Waals surface area contributed by atoms with Crippen molar-refractivity contribution in [2.45, 2.75) is 50.4 Å². The molecule has 4 aliphatic carbocycles. The van der Waals surface area contributed by atoms with E-state index in [1.54, 1.807) is 0 Å². The Bertz CT molecular complexity index is 561. The van der Waals surface area contributed by atoms with Crippen LogP contribution < -0.4 is 10.9 Å². The highest BCUT2D eigenvalue weighted by molar-refractivity contribution is 5.66. The van der Waals surface area contributed by atoms with Crippen LogP contribution >= 0.6 is 0 Å². The smallest absolute Gasteiger partial charge is 0.421 e. The molecule has 5 rings (SSSR count). The van der Waals surface area contributed by atoms with Crippen molar-refractivity contribution in [1.82, 2.24) is 10.9 Å². The van der Waals surface area contributed by atoms with Crippen LogP contribution in [0.4, 0.5) is 4.79 Å². The van der Waals surface area contributed by atoms with Gasteiger partial charge >= 0.3 is 6.09 Å². The average molecular weight is 316 g/mol. The number of hydrogen-bond acceptors (Lipinski definition) is 4. The van der Waals surface area contributed by atoms with Gasteiger partial charge in [-0.25, -0.2) is 10.2 Å². The van der Waals surface area contributed by atoms with Crippen LogP contribution in [-0.4, -0.2) is 22.8 Å². The monoisotopic (exact) mass is 316 g/mol. The molecule has 3 N–H and O–H groups in total. The maximum Gasteiger partial charge on any atom is 0.421 e. The van der Waals surface area contributed by atoms with E-state index in [1.807, 2.05) is 30.3 Å².